The highest BCUT2D eigenvalue weighted by atomic mass is 32.2. The van der Waals surface area contributed by atoms with Gasteiger partial charge in [0.1, 0.15) is 5.82 Å². The van der Waals surface area contributed by atoms with Gasteiger partial charge in [-0.25, -0.2) is 14.6 Å². The molecule has 0 spiro atoms. The molecule has 0 saturated heterocycles. The van der Waals surface area contributed by atoms with E-state index in [9.17, 15) is 4.79 Å². The lowest BCUT2D eigenvalue weighted by Gasteiger charge is -2.09. The molecule has 0 atom stereocenters. The number of ether oxygens (including phenoxy) is 1. The maximum atomic E-state index is 12.0. The van der Waals surface area contributed by atoms with Gasteiger partial charge < -0.3 is 15.4 Å². The summed E-state index contributed by atoms with van der Waals surface area (Å²) in [6.45, 7) is 4.97. The molecular formula is C18H24N6O2S2. The molecule has 3 heterocycles. The maximum Gasteiger partial charge on any atom is 0.225 e. The van der Waals surface area contributed by atoms with E-state index in [1.807, 2.05) is 30.7 Å². The lowest BCUT2D eigenvalue weighted by Crippen LogP contribution is -2.28. The van der Waals surface area contributed by atoms with Gasteiger partial charge in [-0.15, -0.1) is 11.3 Å². The van der Waals surface area contributed by atoms with E-state index in [0.29, 0.717) is 44.4 Å². The van der Waals surface area contributed by atoms with Crippen molar-refractivity contribution in [2.75, 3.05) is 37.9 Å². The first-order chi connectivity index (χ1) is 13.7. The second kappa shape index (κ2) is 10.4. The summed E-state index contributed by atoms with van der Waals surface area (Å²) in [7, 11) is 0. The van der Waals surface area contributed by atoms with E-state index in [1.54, 1.807) is 22.2 Å². The van der Waals surface area contributed by atoms with Crippen LogP contribution in [0.4, 0.5) is 5.82 Å². The molecule has 1 amide bonds. The number of carbonyl (C=O) groups is 1. The lowest BCUT2D eigenvalue weighted by molar-refractivity contribution is -0.120. The average molecular weight is 421 g/mol. The topological polar surface area (TPSA) is 94.0 Å². The summed E-state index contributed by atoms with van der Waals surface area (Å²) in [4.78, 5) is 22.2. The molecule has 3 aromatic heterocycles. The van der Waals surface area contributed by atoms with Crippen molar-refractivity contribution in [3.8, 4) is 0 Å². The van der Waals surface area contributed by atoms with E-state index in [2.05, 4.69) is 25.7 Å². The first-order valence-corrected chi connectivity index (χ1v) is 11.2. The highest BCUT2D eigenvalue weighted by molar-refractivity contribution is 7.98. The number of rotatable bonds is 11. The summed E-state index contributed by atoms with van der Waals surface area (Å²) >= 11 is 3.07. The predicted octanol–water partition coefficient (Wildman–Crippen LogP) is 2.42. The first-order valence-electron chi connectivity index (χ1n) is 9.09. The Kier molecular flexibility index (Phi) is 7.63. The molecule has 28 heavy (non-hydrogen) atoms. The van der Waals surface area contributed by atoms with Crippen LogP contribution in [0.15, 0.2) is 28.9 Å². The smallest absolute Gasteiger partial charge is 0.225 e. The van der Waals surface area contributed by atoms with Crippen LogP contribution in [0.2, 0.25) is 0 Å². The Morgan fingerprint density at radius 3 is 3.00 bits per heavy atom. The van der Waals surface area contributed by atoms with Crippen LogP contribution >= 0.6 is 23.1 Å². The fourth-order valence-electron chi connectivity index (χ4n) is 2.65. The minimum Gasteiger partial charge on any atom is -0.380 e. The minimum atomic E-state index is 0.0108. The van der Waals surface area contributed by atoms with Crippen molar-refractivity contribution in [1.82, 2.24) is 25.1 Å². The van der Waals surface area contributed by atoms with Gasteiger partial charge in [0.2, 0.25) is 5.91 Å². The highest BCUT2D eigenvalue weighted by Crippen LogP contribution is 2.23. The van der Waals surface area contributed by atoms with Crippen molar-refractivity contribution in [3.63, 3.8) is 0 Å². The monoisotopic (exact) mass is 420 g/mol. The zero-order valence-electron chi connectivity index (χ0n) is 16.0. The summed E-state index contributed by atoms with van der Waals surface area (Å²) in [6.07, 6.45) is 4.11. The van der Waals surface area contributed by atoms with Gasteiger partial charge >= 0.3 is 0 Å². The van der Waals surface area contributed by atoms with Crippen LogP contribution < -0.4 is 10.6 Å². The van der Waals surface area contributed by atoms with Gasteiger partial charge in [0, 0.05) is 24.6 Å². The molecule has 0 unspecified atom stereocenters. The minimum absolute atomic E-state index is 0.0108. The van der Waals surface area contributed by atoms with E-state index in [0.717, 1.165) is 21.7 Å². The molecule has 0 aromatic carbocycles. The van der Waals surface area contributed by atoms with Crippen LogP contribution in [-0.4, -0.2) is 58.2 Å². The van der Waals surface area contributed by atoms with E-state index < -0.39 is 0 Å². The van der Waals surface area contributed by atoms with Crippen molar-refractivity contribution in [2.24, 2.45) is 0 Å². The number of carbonyl (C=O) groups excluding carboxylic acids is 1. The molecule has 10 heteroatoms. The van der Waals surface area contributed by atoms with Gasteiger partial charge in [-0.05, 0) is 24.6 Å². The normalized spacial score (nSPS) is 11.1. The van der Waals surface area contributed by atoms with Crippen LogP contribution in [0.1, 0.15) is 11.8 Å². The Bertz CT molecular complexity index is 897. The predicted molar refractivity (Wildman–Crippen MR) is 113 cm³/mol. The quantitative estimate of drug-likeness (QED) is 0.279. The number of aromatic nitrogens is 4. The summed E-state index contributed by atoms with van der Waals surface area (Å²) in [5.41, 5.74) is 0.755. The number of nitrogens with zero attached hydrogens (tertiary/aromatic N) is 4. The number of thioether (sulfide) groups is 1. The number of hydrogen-bond acceptors (Lipinski definition) is 8. The SMILES string of the molecule is CCOCCNc1nc(SC)nc2c1cnn2CCNC(=O)Cc1cccs1. The molecule has 150 valence electrons. The molecule has 3 rings (SSSR count). The lowest BCUT2D eigenvalue weighted by atomic mass is 10.3. The zero-order chi connectivity index (χ0) is 19.8. The number of anilines is 1. The third-order valence-electron chi connectivity index (χ3n) is 3.96. The molecule has 3 aromatic rings. The molecular weight excluding hydrogens is 396 g/mol. The standard InChI is InChI=1S/C18H24N6O2S2/c1-3-26-9-7-20-16-14-12-21-24(17(14)23-18(22-16)27-2)8-6-19-15(25)11-13-5-4-10-28-13/h4-5,10,12H,3,6-9,11H2,1-2H3,(H,19,25)(H,20,22,23). The number of amides is 1. The first kappa shape index (κ1) is 20.6. The molecule has 0 fully saturated rings. The Morgan fingerprint density at radius 1 is 1.36 bits per heavy atom. The fourth-order valence-corrected chi connectivity index (χ4v) is 3.71. The van der Waals surface area contributed by atoms with Crippen molar-refractivity contribution >= 4 is 45.9 Å². The third kappa shape index (κ3) is 5.43. The summed E-state index contributed by atoms with van der Waals surface area (Å²) in [5, 5.41) is 14.2. The van der Waals surface area contributed by atoms with Gasteiger partial charge in [0.05, 0.1) is 31.2 Å². The van der Waals surface area contributed by atoms with Crippen LogP contribution in [0.5, 0.6) is 0 Å². The number of thiophene rings is 1. The van der Waals surface area contributed by atoms with Gasteiger partial charge in [-0.3, -0.25) is 4.79 Å². The van der Waals surface area contributed by atoms with Crippen LogP contribution in [-0.2, 0) is 22.5 Å². The molecule has 0 radical (unpaired) electrons. The average Bonchev–Trinajstić information content (AvgIpc) is 3.35. The van der Waals surface area contributed by atoms with Crippen LogP contribution in [0.3, 0.4) is 0 Å². The number of fused-ring (bicyclic) bond motifs is 1. The molecule has 0 aliphatic rings. The maximum absolute atomic E-state index is 12.0. The van der Waals surface area contributed by atoms with Crippen LogP contribution in [0, 0.1) is 0 Å². The second-order valence-electron chi connectivity index (χ2n) is 5.89. The van der Waals surface area contributed by atoms with Crippen molar-refractivity contribution in [1.29, 1.82) is 0 Å². The van der Waals surface area contributed by atoms with Crippen molar-refractivity contribution < 1.29 is 9.53 Å². The van der Waals surface area contributed by atoms with Crippen molar-refractivity contribution in [2.45, 2.75) is 25.0 Å². The molecule has 2 N–H and O–H groups in total. The fraction of sp³-hybridized carbons (Fsp3) is 0.444. The van der Waals surface area contributed by atoms with Crippen molar-refractivity contribution in [3.05, 3.63) is 28.6 Å². The highest BCUT2D eigenvalue weighted by Gasteiger charge is 2.13. The number of hydrogen-bond donors (Lipinski definition) is 2. The van der Waals surface area contributed by atoms with E-state index in [-0.39, 0.29) is 5.91 Å². The molecule has 0 bridgehead atoms. The van der Waals surface area contributed by atoms with E-state index >= 15 is 0 Å². The van der Waals surface area contributed by atoms with Crippen LogP contribution in [0.25, 0.3) is 11.0 Å². The molecule has 0 aliphatic carbocycles. The summed E-state index contributed by atoms with van der Waals surface area (Å²) < 4.78 is 7.17. The zero-order valence-corrected chi connectivity index (χ0v) is 17.6. The van der Waals surface area contributed by atoms with E-state index in [4.69, 9.17) is 4.74 Å². The third-order valence-corrected chi connectivity index (χ3v) is 5.39. The Balaban J connectivity index is 1.63. The summed E-state index contributed by atoms with van der Waals surface area (Å²) in [6, 6.07) is 3.92. The number of nitrogens with one attached hydrogen (secondary N) is 2. The summed E-state index contributed by atoms with van der Waals surface area (Å²) in [5.74, 6) is 0.763. The molecule has 8 nitrogen and oxygen atoms in total. The van der Waals surface area contributed by atoms with E-state index in [1.165, 1.54) is 11.8 Å². The Labute approximate surface area is 172 Å². The second-order valence-corrected chi connectivity index (χ2v) is 7.70. The van der Waals surface area contributed by atoms with Gasteiger partial charge in [0.25, 0.3) is 0 Å². The Morgan fingerprint density at radius 2 is 2.25 bits per heavy atom. The van der Waals surface area contributed by atoms with Gasteiger partial charge in [-0.1, -0.05) is 17.8 Å². The van der Waals surface area contributed by atoms with Gasteiger partial charge in [0.15, 0.2) is 10.8 Å². The largest absolute Gasteiger partial charge is 0.380 e. The molecule has 0 aliphatic heterocycles. The van der Waals surface area contributed by atoms with Gasteiger partial charge in [-0.2, -0.15) is 5.10 Å². The Hall–Kier alpha value is -2.17. The molecule has 0 saturated carbocycles.